The predicted molar refractivity (Wildman–Crippen MR) is 77.0 cm³/mol. The Hall–Kier alpha value is -2.62. The maximum Gasteiger partial charge on any atom is 0.304 e. The molecule has 22 heavy (non-hydrogen) atoms. The van der Waals surface area contributed by atoms with Crippen LogP contribution in [0.1, 0.15) is 18.4 Å². The third-order valence-electron chi connectivity index (χ3n) is 4.29. The Kier molecular flexibility index (Phi) is 3.67. The number of amides is 1. The fourth-order valence-electron chi connectivity index (χ4n) is 3.24. The van der Waals surface area contributed by atoms with Crippen molar-refractivity contribution < 1.29 is 14.7 Å². The van der Waals surface area contributed by atoms with E-state index in [1.807, 2.05) is 6.07 Å². The molecule has 3 heterocycles. The quantitative estimate of drug-likeness (QED) is 0.871. The highest BCUT2D eigenvalue weighted by Gasteiger charge is 2.43. The number of anilines is 1. The van der Waals surface area contributed by atoms with E-state index in [1.54, 1.807) is 17.0 Å². The Morgan fingerprint density at radius 1 is 1.45 bits per heavy atom. The minimum absolute atomic E-state index is 0.0418. The molecule has 2 saturated heterocycles. The molecule has 2 aliphatic rings. The number of carbonyl (C=O) groups is 2. The molecule has 0 bridgehead atoms. The summed E-state index contributed by atoms with van der Waals surface area (Å²) in [6.45, 7) is 1.91. The number of fused-ring (bicyclic) bond motifs is 1. The van der Waals surface area contributed by atoms with Gasteiger partial charge in [-0.2, -0.15) is 5.26 Å². The monoisotopic (exact) mass is 300 g/mol. The second kappa shape index (κ2) is 5.64. The maximum atomic E-state index is 12.2. The summed E-state index contributed by atoms with van der Waals surface area (Å²) < 4.78 is 0. The van der Waals surface area contributed by atoms with E-state index in [-0.39, 0.29) is 18.4 Å². The Balaban J connectivity index is 1.70. The minimum atomic E-state index is -0.927. The number of aliphatic carboxylic acids is 1. The van der Waals surface area contributed by atoms with Crippen LogP contribution in [0, 0.1) is 17.2 Å². The van der Waals surface area contributed by atoms with Gasteiger partial charge in [-0.25, -0.2) is 4.98 Å². The number of carboxylic acid groups (broad SMARTS) is 1. The van der Waals surface area contributed by atoms with E-state index in [4.69, 9.17) is 10.4 Å². The van der Waals surface area contributed by atoms with Crippen molar-refractivity contribution in [3.63, 3.8) is 0 Å². The van der Waals surface area contributed by atoms with Crippen molar-refractivity contribution in [3.8, 4) is 6.07 Å². The van der Waals surface area contributed by atoms with E-state index in [9.17, 15) is 9.59 Å². The molecule has 0 aromatic carbocycles. The first-order chi connectivity index (χ1) is 10.6. The molecule has 0 spiro atoms. The van der Waals surface area contributed by atoms with Crippen molar-refractivity contribution in [2.75, 3.05) is 24.5 Å². The van der Waals surface area contributed by atoms with E-state index in [0.29, 0.717) is 31.6 Å². The molecule has 0 saturated carbocycles. The molecule has 0 unspecified atom stereocenters. The third-order valence-corrected chi connectivity index (χ3v) is 4.29. The van der Waals surface area contributed by atoms with Gasteiger partial charge in [0.25, 0.3) is 0 Å². The molecule has 1 aromatic heterocycles. The molecule has 7 nitrogen and oxygen atoms in total. The summed E-state index contributed by atoms with van der Waals surface area (Å²) in [5.41, 5.74) is 0.514. The van der Waals surface area contributed by atoms with Crippen molar-refractivity contribution in [2.45, 2.75) is 18.9 Å². The number of hydrogen-bond acceptors (Lipinski definition) is 5. The summed E-state index contributed by atoms with van der Waals surface area (Å²) >= 11 is 0. The van der Waals surface area contributed by atoms with Gasteiger partial charge >= 0.3 is 5.97 Å². The summed E-state index contributed by atoms with van der Waals surface area (Å²) in [4.78, 5) is 31.2. The SMILES string of the molecule is N#Cc1ccc(N2CCN3C(=O)[C@@H](CC(=O)O)C[C@H]3C2)nc1. The predicted octanol–water partition coefficient (Wildman–Crippen LogP) is 0.465. The highest BCUT2D eigenvalue weighted by Crippen LogP contribution is 2.31. The van der Waals surface area contributed by atoms with Crippen LogP contribution in [0.2, 0.25) is 0 Å². The van der Waals surface area contributed by atoms with Gasteiger partial charge in [-0.3, -0.25) is 9.59 Å². The van der Waals surface area contributed by atoms with Gasteiger partial charge in [0.1, 0.15) is 11.9 Å². The Labute approximate surface area is 127 Å². The number of rotatable bonds is 3. The number of piperazine rings is 1. The van der Waals surface area contributed by atoms with Crippen molar-refractivity contribution in [1.29, 1.82) is 5.26 Å². The average molecular weight is 300 g/mol. The summed E-state index contributed by atoms with van der Waals surface area (Å²) in [7, 11) is 0. The van der Waals surface area contributed by atoms with Crippen molar-refractivity contribution in [3.05, 3.63) is 23.9 Å². The van der Waals surface area contributed by atoms with Crippen LogP contribution in [-0.4, -0.2) is 52.5 Å². The first-order valence-corrected chi connectivity index (χ1v) is 7.22. The number of carboxylic acids is 1. The van der Waals surface area contributed by atoms with E-state index in [2.05, 4.69) is 9.88 Å². The number of carbonyl (C=O) groups excluding carboxylic acids is 1. The van der Waals surface area contributed by atoms with Gasteiger partial charge < -0.3 is 14.9 Å². The topological polar surface area (TPSA) is 97.5 Å². The molecular weight excluding hydrogens is 284 g/mol. The largest absolute Gasteiger partial charge is 0.481 e. The fraction of sp³-hybridized carbons (Fsp3) is 0.467. The minimum Gasteiger partial charge on any atom is -0.481 e. The summed E-state index contributed by atoms with van der Waals surface area (Å²) in [6.07, 6.45) is 2.02. The molecule has 2 aliphatic heterocycles. The molecule has 0 radical (unpaired) electrons. The number of hydrogen-bond donors (Lipinski definition) is 1. The zero-order valence-electron chi connectivity index (χ0n) is 12.0. The van der Waals surface area contributed by atoms with Crippen molar-refractivity contribution >= 4 is 17.7 Å². The number of nitrogens with zero attached hydrogens (tertiary/aromatic N) is 4. The Morgan fingerprint density at radius 3 is 2.91 bits per heavy atom. The van der Waals surface area contributed by atoms with E-state index in [1.165, 1.54) is 6.20 Å². The van der Waals surface area contributed by atoms with Crippen LogP contribution in [0.5, 0.6) is 0 Å². The zero-order chi connectivity index (χ0) is 15.7. The van der Waals surface area contributed by atoms with Gasteiger partial charge in [0.15, 0.2) is 0 Å². The maximum absolute atomic E-state index is 12.2. The van der Waals surface area contributed by atoms with Gasteiger partial charge in [-0.1, -0.05) is 0 Å². The lowest BCUT2D eigenvalue weighted by molar-refractivity contribution is -0.142. The molecule has 1 N–H and O–H groups in total. The van der Waals surface area contributed by atoms with Crippen LogP contribution in [0.25, 0.3) is 0 Å². The number of pyridine rings is 1. The van der Waals surface area contributed by atoms with Crippen LogP contribution >= 0.6 is 0 Å². The number of nitriles is 1. The van der Waals surface area contributed by atoms with Gasteiger partial charge in [-0.15, -0.1) is 0 Å². The molecule has 0 aliphatic carbocycles. The fourth-order valence-corrected chi connectivity index (χ4v) is 3.24. The van der Waals surface area contributed by atoms with Gasteiger partial charge in [-0.05, 0) is 18.6 Å². The highest BCUT2D eigenvalue weighted by atomic mass is 16.4. The molecular formula is C15H16N4O3. The van der Waals surface area contributed by atoms with Crippen molar-refractivity contribution in [1.82, 2.24) is 9.88 Å². The Bertz CT molecular complexity index is 637. The van der Waals surface area contributed by atoms with Crippen molar-refractivity contribution in [2.24, 2.45) is 5.92 Å². The molecule has 1 amide bonds. The molecule has 2 fully saturated rings. The van der Waals surface area contributed by atoms with Crippen LogP contribution in [0.15, 0.2) is 18.3 Å². The second-order valence-corrected chi connectivity index (χ2v) is 5.68. The second-order valence-electron chi connectivity index (χ2n) is 5.68. The van der Waals surface area contributed by atoms with Gasteiger partial charge in [0, 0.05) is 25.8 Å². The smallest absolute Gasteiger partial charge is 0.304 e. The van der Waals surface area contributed by atoms with Crippen LogP contribution in [0.3, 0.4) is 0 Å². The summed E-state index contributed by atoms with van der Waals surface area (Å²) in [6, 6.07) is 5.61. The van der Waals surface area contributed by atoms with Crippen LogP contribution in [-0.2, 0) is 9.59 Å². The Morgan fingerprint density at radius 2 is 2.27 bits per heavy atom. The first-order valence-electron chi connectivity index (χ1n) is 7.22. The highest BCUT2D eigenvalue weighted by molar-refractivity contribution is 5.85. The first kappa shape index (κ1) is 14.3. The van der Waals surface area contributed by atoms with Crippen LogP contribution in [0.4, 0.5) is 5.82 Å². The lowest BCUT2D eigenvalue weighted by atomic mass is 10.0. The molecule has 3 rings (SSSR count). The molecule has 1 aromatic rings. The van der Waals surface area contributed by atoms with E-state index in [0.717, 1.165) is 5.82 Å². The van der Waals surface area contributed by atoms with E-state index < -0.39 is 11.9 Å². The summed E-state index contributed by atoms with van der Waals surface area (Å²) in [5, 5.41) is 17.7. The molecule has 7 heteroatoms. The molecule has 114 valence electrons. The lowest BCUT2D eigenvalue weighted by Crippen LogP contribution is -2.51. The standard InChI is InChI=1S/C15H16N4O3/c16-7-10-1-2-13(17-8-10)18-3-4-19-12(9-18)5-11(15(19)22)6-14(20)21/h1-2,8,11-12H,3-6,9H2,(H,20,21)/t11-,12+/m1/s1. The van der Waals surface area contributed by atoms with E-state index >= 15 is 0 Å². The van der Waals surface area contributed by atoms with Gasteiger partial charge in [0.05, 0.1) is 23.9 Å². The lowest BCUT2D eigenvalue weighted by Gasteiger charge is -2.38. The van der Waals surface area contributed by atoms with Gasteiger partial charge in [0.2, 0.25) is 5.91 Å². The molecule has 2 atom stereocenters. The average Bonchev–Trinajstić information content (AvgIpc) is 2.82. The zero-order valence-corrected chi connectivity index (χ0v) is 12.0. The van der Waals surface area contributed by atoms with Crippen LogP contribution < -0.4 is 4.90 Å². The normalized spacial score (nSPS) is 24.0. The number of aromatic nitrogens is 1. The third kappa shape index (κ3) is 2.60. The summed E-state index contributed by atoms with van der Waals surface area (Å²) in [5.74, 6) is -0.590.